The molecular weight excluding hydrogens is 545 g/mol. The second kappa shape index (κ2) is 10.9. The second-order valence-electron chi connectivity index (χ2n) is 10.7. The number of hydrogen-bond acceptors (Lipinski definition) is 6. The number of fused-ring (bicyclic) bond motifs is 2. The first-order chi connectivity index (χ1) is 19.0. The number of aromatic nitrogens is 1. The zero-order valence-electron chi connectivity index (χ0n) is 22.3. The van der Waals surface area contributed by atoms with Crippen LogP contribution in [0.2, 0.25) is 5.02 Å². The van der Waals surface area contributed by atoms with E-state index in [-0.39, 0.29) is 23.9 Å². The normalized spacial score (nSPS) is 22.6. The number of nitriles is 1. The Kier molecular flexibility index (Phi) is 7.68. The van der Waals surface area contributed by atoms with Crippen LogP contribution in [0.5, 0.6) is 0 Å². The van der Waals surface area contributed by atoms with Crippen molar-refractivity contribution in [1.82, 2.24) is 9.88 Å². The van der Waals surface area contributed by atoms with E-state index in [1.807, 2.05) is 0 Å². The number of aryl methyl sites for hydroxylation is 1. The number of likely N-dealkylation sites (tertiary alicyclic amines) is 1. The smallest absolute Gasteiger partial charge is 0.367 e. The molecule has 3 aliphatic heterocycles. The van der Waals surface area contributed by atoms with E-state index in [0.717, 1.165) is 43.0 Å². The summed E-state index contributed by atoms with van der Waals surface area (Å²) in [6.07, 6.45) is -3.02. The van der Waals surface area contributed by atoms with E-state index >= 15 is 0 Å². The minimum absolute atomic E-state index is 0.00886. The number of anilines is 3. The Morgan fingerprint density at radius 3 is 2.55 bits per heavy atom. The van der Waals surface area contributed by atoms with Crippen LogP contribution in [0.1, 0.15) is 30.5 Å². The van der Waals surface area contributed by atoms with E-state index in [0.29, 0.717) is 36.0 Å². The Bertz CT molecular complexity index is 1350. The van der Waals surface area contributed by atoms with Crippen molar-refractivity contribution in [3.8, 4) is 6.07 Å². The number of rotatable bonds is 4. The largest absolute Gasteiger partial charge is 0.416 e. The number of para-hydroxylation sites is 1. The number of carbonyl (C=O) groups is 2. The molecule has 2 fully saturated rings. The number of hydrogen-bond donors (Lipinski definition) is 0. The summed E-state index contributed by atoms with van der Waals surface area (Å²) in [5.74, 6) is -1.46. The second-order valence-corrected chi connectivity index (χ2v) is 11.1. The first-order valence-electron chi connectivity index (χ1n) is 13.3. The molecule has 0 radical (unpaired) electrons. The monoisotopic (exact) mass is 574 g/mol. The summed E-state index contributed by atoms with van der Waals surface area (Å²) in [4.78, 5) is 38.5. The van der Waals surface area contributed by atoms with Crippen molar-refractivity contribution < 1.29 is 22.8 Å². The van der Waals surface area contributed by atoms with Crippen LogP contribution in [0.25, 0.3) is 0 Å². The molecule has 12 heteroatoms. The first kappa shape index (κ1) is 28.2. The fourth-order valence-electron chi connectivity index (χ4n) is 6.02. The van der Waals surface area contributed by atoms with Gasteiger partial charge in [0.2, 0.25) is 11.8 Å². The van der Waals surface area contributed by atoms with Crippen LogP contribution in [0.3, 0.4) is 0 Å². The average molecular weight is 575 g/mol. The highest BCUT2D eigenvalue weighted by Crippen LogP contribution is 2.43. The van der Waals surface area contributed by atoms with Crippen LogP contribution >= 0.6 is 11.6 Å². The van der Waals surface area contributed by atoms with Gasteiger partial charge in [0.25, 0.3) is 0 Å². The highest BCUT2D eigenvalue weighted by Gasteiger charge is 2.49. The highest BCUT2D eigenvalue weighted by molar-refractivity contribution is 6.34. The molecule has 3 aliphatic rings. The molecular formula is C28H30ClF3N6O2. The molecule has 1 aromatic heterocycles. The van der Waals surface area contributed by atoms with Crippen LogP contribution in [0.15, 0.2) is 30.3 Å². The quantitative estimate of drug-likeness (QED) is 0.535. The molecule has 2 atom stereocenters. The van der Waals surface area contributed by atoms with Gasteiger partial charge in [0.15, 0.2) is 0 Å². The van der Waals surface area contributed by atoms with Crippen molar-refractivity contribution in [2.45, 2.75) is 38.4 Å². The number of benzene rings is 1. The zero-order chi connectivity index (χ0) is 28.8. The average Bonchev–Trinajstić information content (AvgIpc) is 3.24. The van der Waals surface area contributed by atoms with Gasteiger partial charge in [-0.3, -0.25) is 14.5 Å². The van der Waals surface area contributed by atoms with Crippen LogP contribution in [-0.4, -0.2) is 67.5 Å². The van der Waals surface area contributed by atoms with Crippen molar-refractivity contribution in [3.63, 3.8) is 0 Å². The molecule has 2 saturated heterocycles. The first-order valence-corrected chi connectivity index (χ1v) is 13.7. The van der Waals surface area contributed by atoms with Crippen molar-refractivity contribution in [2.75, 3.05) is 54.5 Å². The van der Waals surface area contributed by atoms with Gasteiger partial charge >= 0.3 is 6.18 Å². The van der Waals surface area contributed by atoms with Crippen molar-refractivity contribution in [1.29, 1.82) is 5.26 Å². The lowest BCUT2D eigenvalue weighted by Crippen LogP contribution is -2.53. The lowest BCUT2D eigenvalue weighted by molar-refractivity contribution is -0.137. The van der Waals surface area contributed by atoms with E-state index < -0.39 is 35.5 Å². The topological polar surface area (TPSA) is 83.8 Å². The zero-order valence-corrected chi connectivity index (χ0v) is 23.0. The summed E-state index contributed by atoms with van der Waals surface area (Å²) < 4.78 is 40.8. The van der Waals surface area contributed by atoms with Gasteiger partial charge in [0, 0.05) is 50.6 Å². The SMILES string of the molecule is Cc1cc(C(F)(F)F)cc(N2C(=O)C[C@@H]3CN(CCN4CCC(C#N)CC4)c4c(Cl)cccc4N(C)C(=O)[C@H]32)n1. The molecule has 0 saturated carbocycles. The van der Waals surface area contributed by atoms with Crippen molar-refractivity contribution in [3.05, 3.63) is 46.6 Å². The molecule has 0 unspecified atom stereocenters. The minimum atomic E-state index is -4.62. The van der Waals surface area contributed by atoms with E-state index in [2.05, 4.69) is 20.9 Å². The van der Waals surface area contributed by atoms with E-state index in [1.165, 1.54) is 11.8 Å². The fourth-order valence-corrected chi connectivity index (χ4v) is 6.30. The Morgan fingerprint density at radius 2 is 1.88 bits per heavy atom. The van der Waals surface area contributed by atoms with Crippen molar-refractivity contribution in [2.24, 2.45) is 11.8 Å². The molecule has 8 nitrogen and oxygen atoms in total. The van der Waals surface area contributed by atoms with Gasteiger partial charge in [-0.2, -0.15) is 18.4 Å². The fraction of sp³-hybridized carbons (Fsp3) is 0.500. The van der Waals surface area contributed by atoms with Gasteiger partial charge in [-0.25, -0.2) is 4.98 Å². The summed E-state index contributed by atoms with van der Waals surface area (Å²) in [5, 5.41) is 9.69. The maximum Gasteiger partial charge on any atom is 0.416 e. The molecule has 5 rings (SSSR count). The van der Waals surface area contributed by atoms with Gasteiger partial charge in [-0.15, -0.1) is 0 Å². The van der Waals surface area contributed by atoms with Gasteiger partial charge in [-0.05, 0) is 57.1 Å². The lowest BCUT2D eigenvalue weighted by Gasteiger charge is -2.40. The predicted molar refractivity (Wildman–Crippen MR) is 145 cm³/mol. The highest BCUT2D eigenvalue weighted by atomic mass is 35.5. The third-order valence-corrected chi connectivity index (χ3v) is 8.39. The Morgan fingerprint density at radius 1 is 1.15 bits per heavy atom. The molecule has 2 aromatic rings. The van der Waals surface area contributed by atoms with E-state index in [4.69, 9.17) is 11.6 Å². The molecule has 0 bridgehead atoms. The summed E-state index contributed by atoms with van der Waals surface area (Å²) in [7, 11) is 1.59. The van der Waals surface area contributed by atoms with Gasteiger partial charge < -0.3 is 14.7 Å². The molecule has 0 N–H and O–H groups in total. The van der Waals surface area contributed by atoms with Crippen LogP contribution in [-0.2, 0) is 15.8 Å². The maximum atomic E-state index is 13.9. The molecule has 2 amide bonds. The molecule has 1 aromatic carbocycles. The standard InChI is InChI=1S/C28H30ClF3N6O2/c1-17-12-20(28(30,31)32)14-23(34-17)38-24(39)13-19-16-37(11-10-36-8-6-18(15-33)7-9-36)26-21(29)4-3-5-22(26)35(2)27(40)25(19)38/h3-5,12,14,18-19,25H,6-11,13,16H2,1-2H3/t19-,25+/m1/s1. The summed E-state index contributed by atoms with van der Waals surface area (Å²) >= 11 is 6.69. The number of halogens is 4. The van der Waals surface area contributed by atoms with E-state index in [1.54, 1.807) is 25.2 Å². The Hall–Kier alpha value is -3.36. The number of piperidine rings is 1. The Labute approximate surface area is 235 Å². The van der Waals surface area contributed by atoms with Crippen LogP contribution in [0, 0.1) is 30.1 Å². The number of likely N-dealkylation sites (N-methyl/N-ethyl adjacent to an activating group) is 1. The number of pyridine rings is 1. The summed E-state index contributed by atoms with van der Waals surface area (Å²) in [6, 6.07) is 8.36. The molecule has 212 valence electrons. The molecule has 0 aliphatic carbocycles. The molecule has 40 heavy (non-hydrogen) atoms. The van der Waals surface area contributed by atoms with Crippen LogP contribution < -0.4 is 14.7 Å². The number of nitrogens with zero attached hydrogens (tertiary/aromatic N) is 6. The lowest BCUT2D eigenvalue weighted by atomic mass is 9.95. The van der Waals surface area contributed by atoms with Gasteiger partial charge in [0.1, 0.15) is 11.9 Å². The summed E-state index contributed by atoms with van der Waals surface area (Å²) in [5.41, 5.74) is 0.430. The number of amides is 2. The summed E-state index contributed by atoms with van der Waals surface area (Å²) in [6.45, 7) is 4.62. The number of alkyl halides is 3. The van der Waals surface area contributed by atoms with Gasteiger partial charge in [-0.1, -0.05) is 17.7 Å². The van der Waals surface area contributed by atoms with Crippen molar-refractivity contribution >= 4 is 40.6 Å². The third-order valence-electron chi connectivity index (χ3n) is 8.08. The maximum absolute atomic E-state index is 13.9. The molecule has 0 spiro atoms. The minimum Gasteiger partial charge on any atom is -0.367 e. The Balaban J connectivity index is 1.50. The number of carbonyl (C=O) groups excluding carboxylic acids is 2. The van der Waals surface area contributed by atoms with Crippen LogP contribution in [0.4, 0.5) is 30.4 Å². The van der Waals surface area contributed by atoms with Gasteiger partial charge in [0.05, 0.1) is 28.0 Å². The third kappa shape index (κ3) is 5.34. The molecule has 4 heterocycles. The predicted octanol–water partition coefficient (Wildman–Crippen LogP) is 4.50. The van der Waals surface area contributed by atoms with E-state index in [9.17, 15) is 28.0 Å².